The highest BCUT2D eigenvalue weighted by atomic mass is 35.5. The van der Waals surface area contributed by atoms with Crippen LogP contribution in [0.4, 0.5) is 0 Å². The van der Waals surface area contributed by atoms with Gasteiger partial charge in [-0.05, 0) is 36.6 Å². The number of rotatable bonds is 8. The maximum absolute atomic E-state index is 12.2. The minimum absolute atomic E-state index is 0.149. The second-order valence-corrected chi connectivity index (χ2v) is 7.33. The van der Waals surface area contributed by atoms with Crippen molar-refractivity contribution >= 4 is 21.6 Å². The van der Waals surface area contributed by atoms with Crippen molar-refractivity contribution in [2.24, 2.45) is 5.92 Å². The van der Waals surface area contributed by atoms with E-state index in [-0.39, 0.29) is 15.8 Å². The summed E-state index contributed by atoms with van der Waals surface area (Å²) in [5.41, 5.74) is 0.910. The summed E-state index contributed by atoms with van der Waals surface area (Å²) >= 11 is 6.02. The number of sulfonamides is 1. The zero-order valence-electron chi connectivity index (χ0n) is 12.2. The van der Waals surface area contributed by atoms with Crippen LogP contribution >= 0.6 is 11.6 Å². The summed E-state index contributed by atoms with van der Waals surface area (Å²) in [6.45, 7) is 7.93. The van der Waals surface area contributed by atoms with Crippen LogP contribution in [0.1, 0.15) is 32.8 Å². The summed E-state index contributed by atoms with van der Waals surface area (Å²) < 4.78 is 27.0. The molecule has 1 aromatic carbocycles. The van der Waals surface area contributed by atoms with Gasteiger partial charge in [-0.3, -0.25) is 0 Å². The molecule has 0 amide bonds. The van der Waals surface area contributed by atoms with Crippen molar-refractivity contribution in [1.82, 2.24) is 10.0 Å². The van der Waals surface area contributed by atoms with Gasteiger partial charge in [-0.1, -0.05) is 38.4 Å². The molecule has 6 heteroatoms. The monoisotopic (exact) mass is 318 g/mol. The molecule has 0 bridgehead atoms. The van der Waals surface area contributed by atoms with Crippen LogP contribution in [-0.2, 0) is 16.6 Å². The molecule has 0 aliphatic rings. The van der Waals surface area contributed by atoms with Gasteiger partial charge in [0.2, 0.25) is 10.0 Å². The molecule has 0 radical (unpaired) electrons. The van der Waals surface area contributed by atoms with Crippen molar-refractivity contribution in [2.45, 2.75) is 38.6 Å². The Bertz CT molecular complexity index is 530. The first-order valence-corrected chi connectivity index (χ1v) is 8.71. The summed E-state index contributed by atoms with van der Waals surface area (Å²) in [5.74, 6) is 0.248. The second-order valence-electron chi connectivity index (χ2n) is 5.19. The Balaban J connectivity index is 2.89. The Hall–Kier alpha value is -0.620. The van der Waals surface area contributed by atoms with Crippen molar-refractivity contribution in [2.75, 3.05) is 13.1 Å². The summed E-state index contributed by atoms with van der Waals surface area (Å²) in [6.07, 6.45) is 1.04. The predicted octanol–water partition coefficient (Wildman–Crippen LogP) is 2.77. The molecule has 0 atom stereocenters. The molecule has 0 fully saturated rings. The highest BCUT2D eigenvalue weighted by Crippen LogP contribution is 2.22. The molecule has 1 rings (SSSR count). The lowest BCUT2D eigenvalue weighted by Crippen LogP contribution is -2.28. The first-order chi connectivity index (χ1) is 9.36. The van der Waals surface area contributed by atoms with E-state index in [0.717, 1.165) is 18.5 Å². The molecule has 0 aromatic heterocycles. The normalized spacial score (nSPS) is 12.1. The quantitative estimate of drug-likeness (QED) is 0.725. The van der Waals surface area contributed by atoms with Crippen LogP contribution in [0, 0.1) is 5.92 Å². The minimum atomic E-state index is -3.55. The Morgan fingerprint density at radius 1 is 1.30 bits per heavy atom. The zero-order chi connectivity index (χ0) is 15.2. The molecule has 114 valence electrons. The van der Waals surface area contributed by atoms with Gasteiger partial charge >= 0.3 is 0 Å². The lowest BCUT2D eigenvalue weighted by Gasteiger charge is -2.12. The van der Waals surface area contributed by atoms with E-state index in [1.165, 1.54) is 0 Å². The third-order valence-corrected chi connectivity index (χ3v) is 4.63. The first kappa shape index (κ1) is 17.4. The van der Waals surface area contributed by atoms with Crippen molar-refractivity contribution in [3.05, 3.63) is 28.8 Å². The van der Waals surface area contributed by atoms with Crippen molar-refractivity contribution < 1.29 is 8.42 Å². The SMILES string of the molecule is CCCNCc1ccc(Cl)c(S(=O)(=O)NCC(C)C)c1. The van der Waals surface area contributed by atoms with Gasteiger partial charge in [0.1, 0.15) is 4.90 Å². The number of hydrogen-bond donors (Lipinski definition) is 2. The molecule has 1 aromatic rings. The molecule has 0 heterocycles. The summed E-state index contributed by atoms with van der Waals surface area (Å²) in [7, 11) is -3.55. The summed E-state index contributed by atoms with van der Waals surface area (Å²) in [5, 5.41) is 3.49. The number of benzene rings is 1. The maximum Gasteiger partial charge on any atom is 0.242 e. The number of nitrogens with one attached hydrogen (secondary N) is 2. The van der Waals surface area contributed by atoms with Gasteiger partial charge in [0, 0.05) is 13.1 Å². The van der Waals surface area contributed by atoms with E-state index in [2.05, 4.69) is 17.0 Å². The van der Waals surface area contributed by atoms with Crippen molar-refractivity contribution in [3.8, 4) is 0 Å². The average Bonchev–Trinajstić information content (AvgIpc) is 2.38. The van der Waals surface area contributed by atoms with Crippen molar-refractivity contribution in [3.63, 3.8) is 0 Å². The minimum Gasteiger partial charge on any atom is -0.313 e. The predicted molar refractivity (Wildman–Crippen MR) is 83.5 cm³/mol. The van der Waals surface area contributed by atoms with Gasteiger partial charge in [0.25, 0.3) is 0 Å². The Labute approximate surface area is 127 Å². The smallest absolute Gasteiger partial charge is 0.242 e. The topological polar surface area (TPSA) is 58.2 Å². The molecule has 0 spiro atoms. The standard InChI is InChI=1S/C14H23ClN2O2S/c1-4-7-16-10-12-5-6-13(15)14(8-12)20(18,19)17-9-11(2)3/h5-6,8,11,16-17H,4,7,9-10H2,1-3H3. The van der Waals surface area contributed by atoms with Crippen molar-refractivity contribution in [1.29, 1.82) is 0 Å². The Morgan fingerprint density at radius 3 is 2.60 bits per heavy atom. The van der Waals surface area contributed by atoms with Gasteiger partial charge < -0.3 is 5.32 Å². The lowest BCUT2D eigenvalue weighted by molar-refractivity contribution is 0.560. The fourth-order valence-corrected chi connectivity index (χ4v) is 3.39. The highest BCUT2D eigenvalue weighted by molar-refractivity contribution is 7.89. The van der Waals surface area contributed by atoms with Gasteiger partial charge in [0.05, 0.1) is 5.02 Å². The van der Waals surface area contributed by atoms with E-state index in [0.29, 0.717) is 13.1 Å². The third-order valence-electron chi connectivity index (χ3n) is 2.72. The number of halogens is 1. The van der Waals surface area contributed by atoms with Gasteiger partial charge in [0.15, 0.2) is 0 Å². The second kappa shape index (κ2) is 7.98. The molecule has 0 aliphatic carbocycles. The first-order valence-electron chi connectivity index (χ1n) is 6.85. The molecule has 2 N–H and O–H groups in total. The Kier molecular flexibility index (Phi) is 6.95. The molecule has 20 heavy (non-hydrogen) atoms. The van der Waals surface area contributed by atoms with E-state index in [4.69, 9.17) is 11.6 Å². The zero-order valence-corrected chi connectivity index (χ0v) is 13.8. The van der Waals surface area contributed by atoms with Crippen LogP contribution in [0.25, 0.3) is 0 Å². The average molecular weight is 319 g/mol. The fourth-order valence-electron chi connectivity index (χ4n) is 1.63. The fraction of sp³-hybridized carbons (Fsp3) is 0.571. The Morgan fingerprint density at radius 2 is 2.00 bits per heavy atom. The molecule has 0 saturated heterocycles. The van der Waals surface area contributed by atoms with Gasteiger partial charge in [-0.2, -0.15) is 0 Å². The van der Waals surface area contributed by atoms with E-state index < -0.39 is 10.0 Å². The van der Waals surface area contributed by atoms with Crippen LogP contribution in [0.2, 0.25) is 5.02 Å². The molecule has 4 nitrogen and oxygen atoms in total. The molecular weight excluding hydrogens is 296 g/mol. The largest absolute Gasteiger partial charge is 0.313 e. The van der Waals surface area contributed by atoms with Crippen LogP contribution in [0.5, 0.6) is 0 Å². The maximum atomic E-state index is 12.2. The third kappa shape index (κ3) is 5.40. The lowest BCUT2D eigenvalue weighted by atomic mass is 10.2. The van der Waals surface area contributed by atoms with Gasteiger partial charge in [-0.15, -0.1) is 0 Å². The molecule has 0 unspecified atom stereocenters. The van der Waals surface area contributed by atoms with E-state index in [1.54, 1.807) is 12.1 Å². The van der Waals surface area contributed by atoms with Crippen LogP contribution in [0.3, 0.4) is 0 Å². The summed E-state index contributed by atoms with van der Waals surface area (Å²) in [4.78, 5) is 0.149. The summed E-state index contributed by atoms with van der Waals surface area (Å²) in [6, 6.07) is 5.11. The van der Waals surface area contributed by atoms with Crippen LogP contribution in [-0.4, -0.2) is 21.5 Å². The molecular formula is C14H23ClN2O2S. The molecule has 0 saturated carbocycles. The molecule has 0 aliphatic heterocycles. The number of hydrogen-bond acceptors (Lipinski definition) is 3. The van der Waals surface area contributed by atoms with E-state index >= 15 is 0 Å². The van der Waals surface area contributed by atoms with E-state index in [1.807, 2.05) is 19.9 Å². The van der Waals surface area contributed by atoms with Gasteiger partial charge in [-0.25, -0.2) is 13.1 Å². The van der Waals surface area contributed by atoms with E-state index in [9.17, 15) is 8.42 Å². The van der Waals surface area contributed by atoms with Crippen LogP contribution < -0.4 is 10.0 Å². The van der Waals surface area contributed by atoms with Crippen LogP contribution in [0.15, 0.2) is 23.1 Å². The highest BCUT2D eigenvalue weighted by Gasteiger charge is 2.18.